The fourth-order valence-electron chi connectivity index (χ4n) is 1.75. The molecular formula is C17H26N4O4. The van der Waals surface area contributed by atoms with Crippen LogP contribution in [0.4, 0.5) is 0 Å². The number of aliphatic imine (C=N–C) groups is 4. The van der Waals surface area contributed by atoms with Crippen LogP contribution in [0.25, 0.3) is 0 Å². The number of hydrogen-bond acceptors (Lipinski definition) is 8. The van der Waals surface area contributed by atoms with Crippen LogP contribution in [-0.2, 0) is 19.2 Å². The summed E-state index contributed by atoms with van der Waals surface area (Å²) in [7, 11) is 0. The average Bonchev–Trinajstić information content (AvgIpc) is 2.58. The van der Waals surface area contributed by atoms with Gasteiger partial charge in [0, 0.05) is 0 Å². The predicted molar refractivity (Wildman–Crippen MR) is 93.4 cm³/mol. The van der Waals surface area contributed by atoms with Crippen molar-refractivity contribution in [3.8, 4) is 0 Å². The third-order valence-electron chi connectivity index (χ3n) is 3.83. The first-order valence-electron chi connectivity index (χ1n) is 8.12. The van der Waals surface area contributed by atoms with Crippen LogP contribution >= 0.6 is 0 Å². The Hall–Kier alpha value is -2.48. The topological polar surface area (TPSA) is 118 Å². The molecule has 0 heterocycles. The lowest BCUT2D eigenvalue weighted by atomic mass is 9.86. The number of rotatable bonds is 11. The molecule has 0 spiro atoms. The minimum absolute atomic E-state index is 0.209. The van der Waals surface area contributed by atoms with Gasteiger partial charge in [-0.25, -0.2) is 34.2 Å². The van der Waals surface area contributed by atoms with Gasteiger partial charge in [0.15, 0.2) is 0 Å². The van der Waals surface area contributed by atoms with E-state index in [1.54, 1.807) is 6.08 Å². The van der Waals surface area contributed by atoms with Gasteiger partial charge in [0.25, 0.3) is 0 Å². The van der Waals surface area contributed by atoms with Crippen LogP contribution in [0, 0.1) is 5.92 Å². The number of unbranched alkanes of at least 4 members (excludes halogenated alkanes) is 1. The van der Waals surface area contributed by atoms with Crippen molar-refractivity contribution in [3.63, 3.8) is 0 Å². The van der Waals surface area contributed by atoms with Crippen LogP contribution in [0.5, 0.6) is 0 Å². The summed E-state index contributed by atoms with van der Waals surface area (Å²) >= 11 is 0. The molecule has 0 amide bonds. The highest BCUT2D eigenvalue weighted by Crippen LogP contribution is 2.25. The zero-order valence-corrected chi connectivity index (χ0v) is 15.3. The molecular weight excluding hydrogens is 324 g/mol. The average molecular weight is 350 g/mol. The molecule has 0 N–H and O–H groups in total. The van der Waals surface area contributed by atoms with Crippen LogP contribution < -0.4 is 0 Å². The van der Waals surface area contributed by atoms with Crippen molar-refractivity contribution in [1.29, 1.82) is 0 Å². The van der Waals surface area contributed by atoms with Crippen molar-refractivity contribution in [2.45, 2.75) is 65.0 Å². The quantitative estimate of drug-likeness (QED) is 0.323. The zero-order valence-electron chi connectivity index (χ0n) is 15.3. The maximum atomic E-state index is 10.2. The first kappa shape index (κ1) is 24.8. The Morgan fingerprint density at radius 3 is 2.04 bits per heavy atom. The minimum atomic E-state index is -0.352. The van der Waals surface area contributed by atoms with Crippen molar-refractivity contribution in [3.05, 3.63) is 0 Å². The number of nitrogens with zero attached hydrogens (tertiary/aromatic N) is 4. The lowest BCUT2D eigenvalue weighted by molar-refractivity contribution is 0.320. The van der Waals surface area contributed by atoms with Gasteiger partial charge >= 0.3 is 0 Å². The van der Waals surface area contributed by atoms with Gasteiger partial charge < -0.3 is 0 Å². The molecule has 2 atom stereocenters. The second kappa shape index (κ2) is 16.4. The van der Waals surface area contributed by atoms with Gasteiger partial charge in [-0.2, -0.15) is 4.99 Å². The van der Waals surface area contributed by atoms with Gasteiger partial charge in [0.05, 0.1) is 24.7 Å². The molecule has 0 saturated carbocycles. The van der Waals surface area contributed by atoms with Crippen LogP contribution in [0.1, 0.15) is 53.4 Å². The van der Waals surface area contributed by atoms with Crippen LogP contribution in [-0.4, -0.2) is 49.0 Å². The summed E-state index contributed by atoms with van der Waals surface area (Å²) in [6, 6.07) is -0.209. The van der Waals surface area contributed by atoms with Crippen LogP contribution in [0.3, 0.4) is 0 Å². The summed E-state index contributed by atoms with van der Waals surface area (Å²) in [5.74, 6) is 0.319. The summed E-state index contributed by atoms with van der Waals surface area (Å²) < 4.78 is 0. The highest BCUT2D eigenvalue weighted by atomic mass is 16.1. The van der Waals surface area contributed by atoms with E-state index in [-0.39, 0.29) is 18.1 Å². The SMILES string of the molecule is CC(CCCCN=C=O)C(C)(C)N=C=O.CCC(CN=C=O)N=C=O. The highest BCUT2D eigenvalue weighted by molar-refractivity contribution is 5.35. The summed E-state index contributed by atoms with van der Waals surface area (Å²) in [6.45, 7) is 8.52. The van der Waals surface area contributed by atoms with Gasteiger partial charge in [0.2, 0.25) is 24.3 Å². The molecule has 0 bridgehead atoms. The van der Waals surface area contributed by atoms with Crippen LogP contribution in [0.2, 0.25) is 0 Å². The number of isocyanates is 4. The molecule has 0 aliphatic heterocycles. The first-order chi connectivity index (χ1) is 11.9. The third kappa shape index (κ3) is 14.8. The van der Waals surface area contributed by atoms with Crippen molar-refractivity contribution < 1.29 is 19.2 Å². The van der Waals surface area contributed by atoms with Crippen molar-refractivity contribution in [2.24, 2.45) is 25.9 Å². The normalized spacial score (nSPS) is 11.8. The molecule has 8 heteroatoms. The highest BCUT2D eigenvalue weighted by Gasteiger charge is 2.24. The number of carbonyl (C=O) groups excluding carboxylic acids is 4. The Bertz CT molecular complexity index is 551. The fraction of sp³-hybridized carbons (Fsp3) is 0.765. The Labute approximate surface area is 148 Å². The molecule has 0 saturated heterocycles. The third-order valence-corrected chi connectivity index (χ3v) is 3.83. The molecule has 25 heavy (non-hydrogen) atoms. The molecule has 0 aromatic rings. The van der Waals surface area contributed by atoms with E-state index >= 15 is 0 Å². The first-order valence-corrected chi connectivity index (χ1v) is 8.12. The predicted octanol–water partition coefficient (Wildman–Crippen LogP) is 2.68. The molecule has 0 aromatic carbocycles. The van der Waals surface area contributed by atoms with Gasteiger partial charge in [0.1, 0.15) is 0 Å². The molecule has 0 fully saturated rings. The van der Waals surface area contributed by atoms with E-state index in [1.165, 1.54) is 18.2 Å². The van der Waals surface area contributed by atoms with Gasteiger partial charge in [-0.1, -0.05) is 20.3 Å². The Kier molecular flexibility index (Phi) is 16.2. The zero-order chi connectivity index (χ0) is 19.6. The molecule has 0 aliphatic rings. The van der Waals surface area contributed by atoms with Crippen molar-refractivity contribution in [2.75, 3.05) is 13.1 Å². The summed E-state index contributed by atoms with van der Waals surface area (Å²) in [4.78, 5) is 53.2. The molecule has 0 rings (SSSR count). The Morgan fingerprint density at radius 2 is 1.56 bits per heavy atom. The second-order valence-electron chi connectivity index (χ2n) is 5.94. The molecule has 138 valence electrons. The molecule has 0 aromatic heterocycles. The molecule has 2 unspecified atom stereocenters. The minimum Gasteiger partial charge on any atom is -0.211 e. The van der Waals surface area contributed by atoms with Crippen molar-refractivity contribution >= 4 is 24.3 Å². The largest absolute Gasteiger partial charge is 0.235 e. The van der Waals surface area contributed by atoms with E-state index < -0.39 is 0 Å². The van der Waals surface area contributed by atoms with E-state index in [9.17, 15) is 19.2 Å². The second-order valence-corrected chi connectivity index (χ2v) is 5.94. The Morgan fingerprint density at radius 1 is 0.920 bits per heavy atom. The molecule has 0 aliphatic carbocycles. The lowest BCUT2D eigenvalue weighted by Crippen LogP contribution is -2.26. The monoisotopic (exact) mass is 350 g/mol. The van der Waals surface area contributed by atoms with E-state index in [4.69, 9.17) is 0 Å². The van der Waals surface area contributed by atoms with Gasteiger partial charge in [-0.05, 0) is 39.0 Å². The maximum Gasteiger partial charge on any atom is 0.235 e. The van der Waals surface area contributed by atoms with Crippen LogP contribution in [0.15, 0.2) is 20.0 Å². The van der Waals surface area contributed by atoms with E-state index in [2.05, 4.69) is 26.9 Å². The summed E-state index contributed by atoms with van der Waals surface area (Å²) in [6.07, 6.45) is 9.40. The van der Waals surface area contributed by atoms with Gasteiger partial charge in [-0.3, -0.25) is 0 Å². The summed E-state index contributed by atoms with van der Waals surface area (Å²) in [5.41, 5.74) is -0.352. The van der Waals surface area contributed by atoms with E-state index in [1.807, 2.05) is 20.8 Å². The molecule has 0 radical (unpaired) electrons. The maximum absolute atomic E-state index is 10.2. The fourth-order valence-corrected chi connectivity index (χ4v) is 1.75. The standard InChI is InChI=1S/C11H18N2O2.C6H8N2O2/c1-10(11(2,3)13-9-15)6-4-5-7-12-8-14;1-2-6(8-5-10)3-7-4-9/h10H,4-7H2,1-3H3;6H,2-3H2,1H3. The van der Waals surface area contributed by atoms with E-state index in [0.29, 0.717) is 18.9 Å². The lowest BCUT2D eigenvalue weighted by Gasteiger charge is -2.25. The molecule has 8 nitrogen and oxygen atoms in total. The van der Waals surface area contributed by atoms with E-state index in [0.717, 1.165) is 19.3 Å². The smallest absolute Gasteiger partial charge is 0.211 e. The number of hydrogen-bond donors (Lipinski definition) is 0. The van der Waals surface area contributed by atoms with Crippen molar-refractivity contribution in [1.82, 2.24) is 0 Å². The summed E-state index contributed by atoms with van der Waals surface area (Å²) in [5, 5.41) is 0. The Balaban J connectivity index is 0. The van der Waals surface area contributed by atoms with Gasteiger partial charge in [-0.15, -0.1) is 0 Å².